The molecule has 3 rings (SSSR count). The predicted molar refractivity (Wildman–Crippen MR) is 91.7 cm³/mol. The molecular weight excluding hydrogens is 366 g/mol. The third-order valence-electron chi connectivity index (χ3n) is 4.08. The van der Waals surface area contributed by atoms with Gasteiger partial charge in [-0.1, -0.05) is 18.2 Å². The highest BCUT2D eigenvalue weighted by atomic mass is 35.5. The average molecular weight is 384 g/mol. The zero-order valence-corrected chi connectivity index (χ0v) is 15.2. The van der Waals surface area contributed by atoms with E-state index in [0.717, 1.165) is 0 Å². The van der Waals surface area contributed by atoms with Crippen molar-refractivity contribution in [2.24, 2.45) is 7.05 Å². The Balaban J connectivity index is 1.59. The Hall–Kier alpha value is -1.97. The molecule has 1 aliphatic heterocycles. The van der Waals surface area contributed by atoms with Crippen LogP contribution >= 0.6 is 11.6 Å². The average Bonchev–Trinajstić information content (AvgIpc) is 2.95. The molecule has 1 aromatic heterocycles. The lowest BCUT2D eigenvalue weighted by atomic mass is 10.1. The van der Waals surface area contributed by atoms with Crippen LogP contribution in [0.1, 0.15) is 23.5 Å². The summed E-state index contributed by atoms with van der Waals surface area (Å²) < 4.78 is 27.9. The van der Waals surface area contributed by atoms with Crippen LogP contribution in [0, 0.1) is 0 Å². The Morgan fingerprint density at radius 2 is 1.88 bits per heavy atom. The SMILES string of the molecule is Cn1nc(C(=O)NC2CCN(S(=O)(=O)c3ccccc3)CC2)nc1Cl. The first kappa shape index (κ1) is 17.8. The van der Waals surface area contributed by atoms with Crippen LogP contribution in [0.2, 0.25) is 5.28 Å². The molecule has 0 bridgehead atoms. The minimum Gasteiger partial charge on any atom is -0.346 e. The van der Waals surface area contributed by atoms with E-state index in [2.05, 4.69) is 15.4 Å². The summed E-state index contributed by atoms with van der Waals surface area (Å²) in [5.41, 5.74) is 0. The van der Waals surface area contributed by atoms with Crippen molar-refractivity contribution in [2.45, 2.75) is 23.8 Å². The molecule has 1 amide bonds. The lowest BCUT2D eigenvalue weighted by Gasteiger charge is -2.31. The molecule has 10 heteroatoms. The minimum absolute atomic E-state index is 0.00633. The summed E-state index contributed by atoms with van der Waals surface area (Å²) in [6, 6.07) is 8.21. The second-order valence-electron chi connectivity index (χ2n) is 5.79. The molecule has 1 N–H and O–H groups in total. The number of hydrogen-bond acceptors (Lipinski definition) is 5. The molecular formula is C15H18ClN5O3S. The zero-order valence-electron chi connectivity index (χ0n) is 13.6. The molecule has 0 atom stereocenters. The number of halogens is 1. The highest BCUT2D eigenvalue weighted by Crippen LogP contribution is 2.20. The van der Waals surface area contributed by atoms with E-state index in [1.165, 1.54) is 8.99 Å². The summed E-state index contributed by atoms with van der Waals surface area (Å²) in [4.78, 5) is 16.3. The van der Waals surface area contributed by atoms with Crippen molar-refractivity contribution in [3.8, 4) is 0 Å². The lowest BCUT2D eigenvalue weighted by Crippen LogP contribution is -2.46. The van der Waals surface area contributed by atoms with Gasteiger partial charge in [-0.2, -0.15) is 9.29 Å². The first-order valence-corrected chi connectivity index (χ1v) is 9.62. The second-order valence-corrected chi connectivity index (χ2v) is 8.07. The van der Waals surface area contributed by atoms with Gasteiger partial charge < -0.3 is 5.32 Å². The first-order chi connectivity index (χ1) is 11.9. The molecule has 0 radical (unpaired) electrons. The molecule has 0 unspecified atom stereocenters. The molecule has 1 saturated heterocycles. The van der Waals surface area contributed by atoms with Crippen LogP contribution in [0.25, 0.3) is 0 Å². The number of carbonyl (C=O) groups excluding carboxylic acids is 1. The van der Waals surface area contributed by atoms with Crippen LogP contribution in [0.15, 0.2) is 35.2 Å². The molecule has 1 fully saturated rings. The lowest BCUT2D eigenvalue weighted by molar-refractivity contribution is 0.0913. The molecule has 1 aliphatic rings. The van der Waals surface area contributed by atoms with Gasteiger partial charge in [0.2, 0.25) is 21.1 Å². The number of amides is 1. The van der Waals surface area contributed by atoms with Crippen molar-refractivity contribution in [1.82, 2.24) is 24.4 Å². The Bertz CT molecular complexity index is 841. The van der Waals surface area contributed by atoms with Gasteiger partial charge in [-0.05, 0) is 36.6 Å². The molecule has 0 aliphatic carbocycles. The van der Waals surface area contributed by atoms with Crippen LogP contribution in [-0.4, -0.2) is 52.5 Å². The number of aromatic nitrogens is 3. The van der Waals surface area contributed by atoms with Crippen molar-refractivity contribution >= 4 is 27.5 Å². The third-order valence-corrected chi connectivity index (χ3v) is 6.33. The highest BCUT2D eigenvalue weighted by molar-refractivity contribution is 7.89. The fourth-order valence-electron chi connectivity index (χ4n) is 2.69. The van der Waals surface area contributed by atoms with E-state index in [9.17, 15) is 13.2 Å². The predicted octanol–water partition coefficient (Wildman–Crippen LogP) is 1.05. The standard InChI is InChI=1S/C15H18ClN5O3S/c1-20-15(16)18-13(19-20)14(22)17-11-7-9-21(10-8-11)25(23,24)12-5-3-2-4-6-12/h2-6,11H,7-10H2,1H3,(H,17,22). The maximum atomic E-state index is 12.6. The Morgan fingerprint density at radius 1 is 1.24 bits per heavy atom. The van der Waals surface area contributed by atoms with Crippen molar-refractivity contribution in [3.63, 3.8) is 0 Å². The number of rotatable bonds is 4. The van der Waals surface area contributed by atoms with Gasteiger partial charge in [-0.25, -0.2) is 13.1 Å². The smallest absolute Gasteiger partial charge is 0.291 e. The van der Waals surface area contributed by atoms with Gasteiger partial charge in [0.1, 0.15) is 0 Å². The summed E-state index contributed by atoms with van der Waals surface area (Å²) in [5, 5.41) is 6.89. The summed E-state index contributed by atoms with van der Waals surface area (Å²) in [7, 11) is -1.90. The molecule has 2 heterocycles. The number of piperidine rings is 1. The van der Waals surface area contributed by atoms with Crippen LogP contribution in [-0.2, 0) is 17.1 Å². The Morgan fingerprint density at radius 3 is 2.44 bits per heavy atom. The third kappa shape index (κ3) is 3.83. The van der Waals surface area contributed by atoms with Crippen LogP contribution in [0.4, 0.5) is 0 Å². The zero-order chi connectivity index (χ0) is 18.0. The molecule has 0 spiro atoms. The Kier molecular flexibility index (Phi) is 5.07. The summed E-state index contributed by atoms with van der Waals surface area (Å²) in [6.07, 6.45) is 1.05. The van der Waals surface area contributed by atoms with Crippen molar-refractivity contribution in [2.75, 3.05) is 13.1 Å². The van der Waals surface area contributed by atoms with E-state index in [0.29, 0.717) is 25.9 Å². The molecule has 134 valence electrons. The summed E-state index contributed by atoms with van der Waals surface area (Å²) in [5.74, 6) is -0.404. The number of sulfonamides is 1. The normalized spacial score (nSPS) is 16.7. The number of nitrogens with one attached hydrogen (secondary N) is 1. The molecule has 2 aromatic rings. The van der Waals surface area contributed by atoms with E-state index in [1.807, 2.05) is 0 Å². The van der Waals surface area contributed by atoms with Gasteiger partial charge in [-0.3, -0.25) is 4.79 Å². The summed E-state index contributed by atoms with van der Waals surface area (Å²) in [6.45, 7) is 0.692. The molecule has 8 nitrogen and oxygen atoms in total. The first-order valence-electron chi connectivity index (χ1n) is 7.80. The number of hydrogen-bond donors (Lipinski definition) is 1. The molecule has 1 aromatic carbocycles. The van der Waals surface area contributed by atoms with Gasteiger partial charge in [0.05, 0.1) is 4.90 Å². The number of benzene rings is 1. The fourth-order valence-corrected chi connectivity index (χ4v) is 4.30. The number of aryl methyl sites for hydroxylation is 1. The fraction of sp³-hybridized carbons (Fsp3) is 0.400. The van der Waals surface area contributed by atoms with Crippen LogP contribution in [0.3, 0.4) is 0 Å². The topological polar surface area (TPSA) is 97.2 Å². The van der Waals surface area contributed by atoms with E-state index >= 15 is 0 Å². The van der Waals surface area contributed by atoms with Crippen molar-refractivity contribution < 1.29 is 13.2 Å². The molecule has 0 saturated carbocycles. The minimum atomic E-state index is -3.49. The van der Waals surface area contributed by atoms with E-state index in [4.69, 9.17) is 11.6 Å². The van der Waals surface area contributed by atoms with Gasteiger partial charge in [0.25, 0.3) is 5.91 Å². The van der Waals surface area contributed by atoms with Gasteiger partial charge in [0, 0.05) is 26.2 Å². The van der Waals surface area contributed by atoms with E-state index < -0.39 is 15.9 Å². The van der Waals surface area contributed by atoms with Gasteiger partial charge >= 0.3 is 0 Å². The quantitative estimate of drug-likeness (QED) is 0.851. The molecule has 25 heavy (non-hydrogen) atoms. The maximum absolute atomic E-state index is 12.6. The Labute approximate surface area is 150 Å². The second kappa shape index (κ2) is 7.11. The van der Waals surface area contributed by atoms with Crippen LogP contribution < -0.4 is 5.32 Å². The summed E-state index contributed by atoms with van der Waals surface area (Å²) >= 11 is 5.78. The van der Waals surface area contributed by atoms with Gasteiger partial charge in [-0.15, -0.1) is 5.10 Å². The van der Waals surface area contributed by atoms with E-state index in [-0.39, 0.29) is 22.0 Å². The van der Waals surface area contributed by atoms with Crippen LogP contribution in [0.5, 0.6) is 0 Å². The van der Waals surface area contributed by atoms with Crippen molar-refractivity contribution in [1.29, 1.82) is 0 Å². The maximum Gasteiger partial charge on any atom is 0.291 e. The van der Waals surface area contributed by atoms with E-state index in [1.54, 1.807) is 37.4 Å². The van der Waals surface area contributed by atoms with Crippen molar-refractivity contribution in [3.05, 3.63) is 41.4 Å². The highest BCUT2D eigenvalue weighted by Gasteiger charge is 2.30. The van der Waals surface area contributed by atoms with Gasteiger partial charge in [0.15, 0.2) is 0 Å². The number of nitrogens with zero attached hydrogens (tertiary/aromatic N) is 4. The largest absolute Gasteiger partial charge is 0.346 e. The number of carbonyl (C=O) groups is 1. The monoisotopic (exact) mass is 383 g/mol.